The molecule has 0 saturated carbocycles. The van der Waals surface area contributed by atoms with Crippen molar-refractivity contribution in [2.75, 3.05) is 20.1 Å². The molecule has 0 aliphatic carbocycles. The molecule has 1 fully saturated rings. The Hall–Kier alpha value is -0.770. The Labute approximate surface area is 98.5 Å². The van der Waals surface area contributed by atoms with Crippen LogP contribution in [0.15, 0.2) is 0 Å². The smallest absolute Gasteiger partial charge is 0.411 e. The van der Waals surface area contributed by atoms with Gasteiger partial charge in [-0.2, -0.15) is 0 Å². The minimum atomic E-state index is -0.421. The standard InChI is InChI=1S/C12H24N2O2/c1-10(14-8-6-7-9-14)13(5)11(15)16-12(2,3)4/h10H,6-9H2,1-5H3. The number of likely N-dealkylation sites (tertiary alicyclic amines) is 1. The Bertz CT molecular complexity index is 242. The maximum absolute atomic E-state index is 11.8. The molecule has 1 saturated heterocycles. The first-order chi connectivity index (χ1) is 7.31. The number of amides is 1. The molecule has 1 aliphatic heterocycles. The Morgan fingerprint density at radius 1 is 1.31 bits per heavy atom. The second-order valence-corrected chi connectivity index (χ2v) is 5.47. The lowest BCUT2D eigenvalue weighted by Crippen LogP contribution is -2.47. The number of nitrogens with zero attached hydrogens (tertiary/aromatic N) is 2. The van der Waals surface area contributed by atoms with Crippen LogP contribution >= 0.6 is 0 Å². The largest absolute Gasteiger partial charge is 0.444 e. The Balaban J connectivity index is 2.49. The molecule has 0 aromatic heterocycles. The lowest BCUT2D eigenvalue weighted by Gasteiger charge is -2.33. The van der Waals surface area contributed by atoms with Crippen LogP contribution in [0, 0.1) is 0 Å². The predicted octanol–water partition coefficient (Wildman–Crippen LogP) is 2.30. The van der Waals surface area contributed by atoms with Gasteiger partial charge in [0, 0.05) is 20.1 Å². The van der Waals surface area contributed by atoms with Gasteiger partial charge in [-0.15, -0.1) is 0 Å². The fraction of sp³-hybridized carbons (Fsp3) is 0.917. The second kappa shape index (κ2) is 5.04. The van der Waals surface area contributed by atoms with Crippen molar-refractivity contribution in [2.45, 2.75) is 52.3 Å². The van der Waals surface area contributed by atoms with E-state index in [2.05, 4.69) is 11.8 Å². The molecule has 1 rings (SSSR count). The summed E-state index contributed by atoms with van der Waals surface area (Å²) in [5, 5.41) is 0. The van der Waals surface area contributed by atoms with Crippen LogP contribution in [0.5, 0.6) is 0 Å². The van der Waals surface area contributed by atoms with E-state index in [-0.39, 0.29) is 12.3 Å². The number of hydrogen-bond donors (Lipinski definition) is 0. The molecule has 4 nitrogen and oxygen atoms in total. The first kappa shape index (κ1) is 13.3. The summed E-state index contributed by atoms with van der Waals surface area (Å²) in [5.74, 6) is 0. The molecule has 0 spiro atoms. The molecule has 94 valence electrons. The van der Waals surface area contributed by atoms with Crippen molar-refractivity contribution >= 4 is 6.09 Å². The van der Waals surface area contributed by atoms with Crippen molar-refractivity contribution in [2.24, 2.45) is 0 Å². The fourth-order valence-electron chi connectivity index (χ4n) is 1.85. The van der Waals surface area contributed by atoms with Gasteiger partial charge in [0.1, 0.15) is 5.60 Å². The van der Waals surface area contributed by atoms with Gasteiger partial charge in [-0.05, 0) is 40.5 Å². The molecule has 0 bridgehead atoms. The topological polar surface area (TPSA) is 32.8 Å². The van der Waals surface area contributed by atoms with E-state index in [9.17, 15) is 4.79 Å². The SMILES string of the molecule is CC(N1CCCC1)N(C)C(=O)OC(C)(C)C. The van der Waals surface area contributed by atoms with Crippen molar-refractivity contribution in [3.8, 4) is 0 Å². The lowest BCUT2D eigenvalue weighted by atomic mass is 10.2. The van der Waals surface area contributed by atoms with Crippen LogP contribution in [-0.2, 0) is 4.74 Å². The summed E-state index contributed by atoms with van der Waals surface area (Å²) < 4.78 is 5.34. The van der Waals surface area contributed by atoms with Crippen molar-refractivity contribution in [1.29, 1.82) is 0 Å². The summed E-state index contributed by atoms with van der Waals surface area (Å²) in [7, 11) is 1.80. The second-order valence-electron chi connectivity index (χ2n) is 5.47. The maximum atomic E-state index is 11.8. The molecule has 0 N–H and O–H groups in total. The number of carbonyl (C=O) groups excluding carboxylic acids is 1. The minimum absolute atomic E-state index is 0.123. The van der Waals surface area contributed by atoms with E-state index in [4.69, 9.17) is 4.74 Å². The molecule has 1 heterocycles. The molecule has 16 heavy (non-hydrogen) atoms. The van der Waals surface area contributed by atoms with Crippen LogP contribution in [-0.4, -0.2) is 47.8 Å². The zero-order chi connectivity index (χ0) is 12.3. The van der Waals surface area contributed by atoms with Crippen molar-refractivity contribution in [1.82, 2.24) is 9.80 Å². The van der Waals surface area contributed by atoms with Gasteiger partial charge in [0.15, 0.2) is 0 Å². The Morgan fingerprint density at radius 3 is 2.25 bits per heavy atom. The monoisotopic (exact) mass is 228 g/mol. The Morgan fingerprint density at radius 2 is 1.81 bits per heavy atom. The van der Waals surface area contributed by atoms with Gasteiger partial charge in [0.2, 0.25) is 0 Å². The minimum Gasteiger partial charge on any atom is -0.444 e. The number of rotatable bonds is 2. The molecule has 0 aromatic rings. The molecule has 4 heteroatoms. The van der Waals surface area contributed by atoms with Crippen LogP contribution in [0.4, 0.5) is 4.79 Å². The van der Waals surface area contributed by atoms with Crippen molar-refractivity contribution in [3.05, 3.63) is 0 Å². The quantitative estimate of drug-likeness (QED) is 0.727. The highest BCUT2D eigenvalue weighted by atomic mass is 16.6. The van der Waals surface area contributed by atoms with Crippen LogP contribution in [0.25, 0.3) is 0 Å². The molecule has 0 radical (unpaired) electrons. The molecule has 1 atom stereocenters. The van der Waals surface area contributed by atoms with Crippen molar-refractivity contribution in [3.63, 3.8) is 0 Å². The number of carbonyl (C=O) groups is 1. The summed E-state index contributed by atoms with van der Waals surface area (Å²) >= 11 is 0. The fourth-order valence-corrected chi connectivity index (χ4v) is 1.85. The first-order valence-electron chi connectivity index (χ1n) is 6.01. The highest BCUT2D eigenvalue weighted by molar-refractivity contribution is 5.68. The lowest BCUT2D eigenvalue weighted by molar-refractivity contribution is 0.00504. The van der Waals surface area contributed by atoms with Crippen molar-refractivity contribution < 1.29 is 9.53 Å². The van der Waals surface area contributed by atoms with Gasteiger partial charge >= 0.3 is 6.09 Å². The molecular weight excluding hydrogens is 204 g/mol. The summed E-state index contributed by atoms with van der Waals surface area (Å²) in [5.41, 5.74) is -0.421. The van der Waals surface area contributed by atoms with Gasteiger partial charge < -0.3 is 4.74 Å². The summed E-state index contributed by atoms with van der Waals surface area (Å²) in [6.45, 7) is 9.87. The molecule has 0 aromatic carbocycles. The van der Waals surface area contributed by atoms with Crippen LogP contribution in [0.2, 0.25) is 0 Å². The third-order valence-corrected chi connectivity index (χ3v) is 2.91. The Kier molecular flexibility index (Phi) is 4.19. The van der Waals surface area contributed by atoms with E-state index in [1.165, 1.54) is 12.8 Å². The summed E-state index contributed by atoms with van der Waals surface area (Å²) in [6.07, 6.45) is 2.34. The van der Waals surface area contributed by atoms with Gasteiger partial charge in [0.25, 0.3) is 0 Å². The van der Waals surface area contributed by atoms with Crippen LogP contribution in [0.3, 0.4) is 0 Å². The van der Waals surface area contributed by atoms with Gasteiger partial charge in [-0.25, -0.2) is 4.79 Å². The zero-order valence-corrected chi connectivity index (χ0v) is 11.1. The molecule has 1 amide bonds. The average Bonchev–Trinajstić information content (AvgIpc) is 2.65. The molecular formula is C12H24N2O2. The van der Waals surface area contributed by atoms with E-state index in [0.717, 1.165) is 13.1 Å². The van der Waals surface area contributed by atoms with E-state index >= 15 is 0 Å². The number of ether oxygens (including phenoxy) is 1. The molecule has 1 unspecified atom stereocenters. The zero-order valence-electron chi connectivity index (χ0n) is 11.1. The maximum Gasteiger partial charge on any atom is 0.411 e. The van der Waals surface area contributed by atoms with Gasteiger partial charge in [-0.3, -0.25) is 9.80 Å². The predicted molar refractivity (Wildman–Crippen MR) is 64.3 cm³/mol. The summed E-state index contributed by atoms with van der Waals surface area (Å²) in [4.78, 5) is 15.8. The van der Waals surface area contributed by atoms with E-state index in [1.807, 2.05) is 20.8 Å². The average molecular weight is 228 g/mol. The van der Waals surface area contributed by atoms with Crippen LogP contribution < -0.4 is 0 Å². The summed E-state index contributed by atoms with van der Waals surface area (Å²) in [6, 6.07) is 0. The number of hydrogen-bond acceptors (Lipinski definition) is 3. The van der Waals surface area contributed by atoms with Gasteiger partial charge in [0.05, 0.1) is 6.17 Å². The van der Waals surface area contributed by atoms with E-state index in [1.54, 1.807) is 11.9 Å². The first-order valence-corrected chi connectivity index (χ1v) is 6.01. The van der Waals surface area contributed by atoms with E-state index in [0.29, 0.717) is 0 Å². The normalized spacial score (nSPS) is 19.6. The highest BCUT2D eigenvalue weighted by Crippen LogP contribution is 2.16. The third-order valence-electron chi connectivity index (χ3n) is 2.91. The van der Waals surface area contributed by atoms with Crippen LogP contribution in [0.1, 0.15) is 40.5 Å². The van der Waals surface area contributed by atoms with Gasteiger partial charge in [-0.1, -0.05) is 0 Å². The third kappa shape index (κ3) is 3.67. The highest BCUT2D eigenvalue weighted by Gasteiger charge is 2.27. The van der Waals surface area contributed by atoms with E-state index < -0.39 is 5.60 Å². The molecule has 1 aliphatic rings.